The predicted molar refractivity (Wildman–Crippen MR) is 202 cm³/mol. The quantitative estimate of drug-likeness (QED) is 0.0502. The van der Waals surface area contributed by atoms with Crippen LogP contribution in [0.3, 0.4) is 0 Å². The van der Waals surface area contributed by atoms with Crippen molar-refractivity contribution in [3.8, 4) is 0 Å². The summed E-state index contributed by atoms with van der Waals surface area (Å²) >= 11 is 0. The first kappa shape index (κ1) is 39.0. The van der Waals surface area contributed by atoms with Gasteiger partial charge in [0.15, 0.2) is 0 Å². The number of unbranched alkanes of at least 4 members (excludes halogenated alkanes) is 14. The van der Waals surface area contributed by atoms with Crippen LogP contribution in [-0.2, 0) is 9.53 Å². The molecule has 3 saturated carbocycles. The second-order valence-corrected chi connectivity index (χ2v) is 18.3. The van der Waals surface area contributed by atoms with E-state index in [0.717, 1.165) is 54.8 Å². The van der Waals surface area contributed by atoms with Gasteiger partial charge in [0.05, 0.1) is 0 Å². The first-order chi connectivity index (χ1) is 22.7. The molecule has 0 aromatic heterocycles. The van der Waals surface area contributed by atoms with Crippen molar-refractivity contribution in [2.45, 2.75) is 221 Å². The summed E-state index contributed by atoms with van der Waals surface area (Å²) in [4.78, 5) is 12.8. The molecule has 0 spiro atoms. The fourth-order valence-electron chi connectivity index (χ4n) is 11.6. The van der Waals surface area contributed by atoms with Crippen molar-refractivity contribution in [2.24, 2.45) is 46.3 Å². The molecule has 0 N–H and O–H groups in total. The maximum atomic E-state index is 12.8. The lowest BCUT2D eigenvalue weighted by Crippen LogP contribution is -2.51. The standard InChI is InChI=1S/C45H80O2/c1-7-8-9-10-11-12-13-14-15-16-17-18-19-20-21-25-43(46)47-38-30-32-44(5)37(34-38)26-27-39-41-29-28-40(36(4)24-22-23-35(2)3)45(41,6)33-31-42(39)44/h26,35-36,38-42H,7-25,27-34H2,1-6H3/t36-,38+,39+,40-,41+,42+,44+,45-/m1/s1/i38+1,43+1. The van der Waals surface area contributed by atoms with E-state index in [2.05, 4.69) is 47.6 Å². The Balaban J connectivity index is 1.10. The molecule has 0 aliphatic heterocycles. The summed E-state index contributed by atoms with van der Waals surface area (Å²) in [6.07, 6.45) is 38.4. The van der Waals surface area contributed by atoms with Crippen LogP contribution < -0.4 is 0 Å². The van der Waals surface area contributed by atoms with Crippen molar-refractivity contribution in [3.05, 3.63) is 11.6 Å². The van der Waals surface area contributed by atoms with Gasteiger partial charge >= 0.3 is 5.97 Å². The highest BCUT2D eigenvalue weighted by molar-refractivity contribution is 5.69. The van der Waals surface area contributed by atoms with Gasteiger partial charge in [-0.05, 0) is 97.7 Å². The van der Waals surface area contributed by atoms with Crippen LogP contribution in [0.15, 0.2) is 11.6 Å². The van der Waals surface area contributed by atoms with E-state index in [1.54, 1.807) is 5.57 Å². The zero-order valence-electron chi connectivity index (χ0n) is 32.5. The lowest BCUT2D eigenvalue weighted by molar-refractivity contribution is -0.151. The normalized spacial score (nSPS) is 32.4. The SMILES string of the molecule is CCCCCCCCCCCCCCCCC[13C](=O)O[13C@H]1CC[C@@]2(C)C(=CC[C@H]3[C@@H]4CC[C@H]([C@H](C)CCCC(C)C)[C@@]4(C)CC[C@@H]32)C1. The van der Waals surface area contributed by atoms with Gasteiger partial charge in [-0.2, -0.15) is 0 Å². The Hall–Kier alpha value is -0.790. The third kappa shape index (κ3) is 10.8. The molecular weight excluding hydrogens is 574 g/mol. The van der Waals surface area contributed by atoms with Gasteiger partial charge in [0, 0.05) is 12.8 Å². The van der Waals surface area contributed by atoms with E-state index >= 15 is 0 Å². The summed E-state index contributed by atoms with van der Waals surface area (Å²) in [5.74, 6) is 5.34. The zero-order chi connectivity index (χ0) is 33.7. The number of hydrogen-bond donors (Lipinski definition) is 0. The molecular formula is C45H80O2. The second kappa shape index (κ2) is 19.6. The monoisotopic (exact) mass is 655 g/mol. The lowest BCUT2D eigenvalue weighted by Gasteiger charge is -2.58. The summed E-state index contributed by atoms with van der Waals surface area (Å²) in [5, 5.41) is 0. The van der Waals surface area contributed by atoms with Crippen LogP contribution >= 0.6 is 0 Å². The minimum Gasteiger partial charge on any atom is -0.462 e. The number of hydrogen-bond acceptors (Lipinski definition) is 2. The molecule has 0 aromatic rings. The molecule has 4 aliphatic carbocycles. The molecule has 272 valence electrons. The summed E-state index contributed by atoms with van der Waals surface area (Å²) in [5.41, 5.74) is 2.54. The van der Waals surface area contributed by atoms with Crippen molar-refractivity contribution in [2.75, 3.05) is 0 Å². The van der Waals surface area contributed by atoms with Gasteiger partial charge in [-0.3, -0.25) is 4.79 Å². The van der Waals surface area contributed by atoms with Gasteiger partial charge < -0.3 is 4.74 Å². The average Bonchev–Trinajstić information content (AvgIpc) is 3.40. The fraction of sp³-hybridized carbons (Fsp3) is 0.933. The Morgan fingerprint density at radius 3 is 1.98 bits per heavy atom. The number of carbonyl (C=O) groups is 1. The Morgan fingerprint density at radius 2 is 1.36 bits per heavy atom. The summed E-state index contributed by atoms with van der Waals surface area (Å²) < 4.78 is 6.13. The van der Waals surface area contributed by atoms with Crippen LogP contribution in [-0.4, -0.2) is 12.1 Å². The molecule has 4 aliphatic rings. The highest BCUT2D eigenvalue weighted by Gasteiger charge is 2.59. The third-order valence-electron chi connectivity index (χ3n) is 14.5. The third-order valence-corrected chi connectivity index (χ3v) is 14.5. The molecule has 47 heavy (non-hydrogen) atoms. The van der Waals surface area contributed by atoms with Crippen LogP contribution in [0.25, 0.3) is 0 Å². The van der Waals surface area contributed by atoms with E-state index in [4.69, 9.17) is 4.74 Å². The molecule has 0 unspecified atom stereocenters. The van der Waals surface area contributed by atoms with Gasteiger partial charge in [-0.15, -0.1) is 0 Å². The molecule has 0 bridgehead atoms. The van der Waals surface area contributed by atoms with Gasteiger partial charge in [0.25, 0.3) is 0 Å². The van der Waals surface area contributed by atoms with Crippen molar-refractivity contribution in [3.63, 3.8) is 0 Å². The van der Waals surface area contributed by atoms with Crippen LogP contribution in [0.2, 0.25) is 0 Å². The number of esters is 1. The van der Waals surface area contributed by atoms with Crippen molar-refractivity contribution in [1.82, 2.24) is 0 Å². The lowest BCUT2D eigenvalue weighted by atomic mass is 9.47. The van der Waals surface area contributed by atoms with Gasteiger partial charge in [-0.25, -0.2) is 0 Å². The van der Waals surface area contributed by atoms with Crippen molar-refractivity contribution < 1.29 is 9.53 Å². The molecule has 3 fully saturated rings. The topological polar surface area (TPSA) is 26.3 Å². The maximum Gasteiger partial charge on any atom is 0.306 e. The second-order valence-electron chi connectivity index (χ2n) is 18.3. The fourth-order valence-corrected chi connectivity index (χ4v) is 11.6. The highest BCUT2D eigenvalue weighted by atomic mass is 16.7. The van der Waals surface area contributed by atoms with Gasteiger partial charge in [0.2, 0.25) is 0 Å². The Labute approximate surface area is 293 Å². The number of carbonyl (C=O) groups excluding carboxylic acids is 1. The number of fused-ring (bicyclic) bond motifs is 5. The summed E-state index contributed by atoms with van der Waals surface area (Å²) in [7, 11) is 0. The largest absolute Gasteiger partial charge is 0.462 e. The van der Waals surface area contributed by atoms with E-state index in [9.17, 15) is 4.79 Å². The van der Waals surface area contributed by atoms with Crippen molar-refractivity contribution in [1.29, 1.82) is 0 Å². The van der Waals surface area contributed by atoms with Crippen LogP contribution in [0.4, 0.5) is 0 Å². The van der Waals surface area contributed by atoms with Crippen LogP contribution in [0.5, 0.6) is 0 Å². The van der Waals surface area contributed by atoms with E-state index in [1.807, 2.05) is 0 Å². The molecule has 0 aromatic carbocycles. The first-order valence-electron chi connectivity index (χ1n) is 21.6. The summed E-state index contributed by atoms with van der Waals surface area (Å²) in [6, 6.07) is 0. The van der Waals surface area contributed by atoms with Crippen LogP contribution in [0, 0.1) is 46.3 Å². The minimum atomic E-state index is 0.0653. The molecule has 0 heterocycles. The van der Waals surface area contributed by atoms with E-state index < -0.39 is 0 Å². The number of allylic oxidation sites excluding steroid dienone is 1. The van der Waals surface area contributed by atoms with Gasteiger partial charge in [-0.1, -0.05) is 162 Å². The molecule has 4 rings (SSSR count). The molecule has 2 heteroatoms. The van der Waals surface area contributed by atoms with Crippen LogP contribution in [0.1, 0.15) is 215 Å². The van der Waals surface area contributed by atoms with E-state index in [-0.39, 0.29) is 12.1 Å². The molecule has 0 amide bonds. The molecule has 0 saturated heterocycles. The first-order valence-corrected chi connectivity index (χ1v) is 21.6. The van der Waals surface area contributed by atoms with Gasteiger partial charge in [0.1, 0.15) is 6.10 Å². The predicted octanol–water partition coefficient (Wildman–Crippen LogP) is 14.2. The highest BCUT2D eigenvalue weighted by Crippen LogP contribution is 2.67. The number of ether oxygens (including phenoxy) is 1. The maximum absolute atomic E-state index is 12.8. The summed E-state index contributed by atoms with van der Waals surface area (Å²) in [6.45, 7) is 15.0. The van der Waals surface area contributed by atoms with E-state index in [1.165, 1.54) is 148 Å². The molecule has 2 nitrogen and oxygen atoms in total. The molecule has 0 radical (unpaired) electrons. The zero-order valence-corrected chi connectivity index (χ0v) is 32.5. The Kier molecular flexibility index (Phi) is 16.2. The Bertz CT molecular complexity index is 934. The van der Waals surface area contributed by atoms with E-state index in [0.29, 0.717) is 17.3 Å². The van der Waals surface area contributed by atoms with Crippen molar-refractivity contribution >= 4 is 5.97 Å². The molecule has 8 atom stereocenters. The number of rotatable bonds is 22. The smallest absolute Gasteiger partial charge is 0.306 e. The Morgan fingerprint density at radius 1 is 0.745 bits per heavy atom. The minimum absolute atomic E-state index is 0.0653. The average molecular weight is 655 g/mol.